The van der Waals surface area contributed by atoms with E-state index in [0.717, 1.165) is 16.7 Å². The first-order chi connectivity index (χ1) is 9.06. The molecular weight excluding hydrogens is 361 g/mol. The molecule has 7 heteroatoms. The first-order valence-electron chi connectivity index (χ1n) is 6.04. The van der Waals surface area contributed by atoms with Crippen LogP contribution in [0.2, 0.25) is 0 Å². The number of rotatable bonds is 4. The Balaban J connectivity index is 2.01. The van der Waals surface area contributed by atoms with Crippen LogP contribution in [-0.2, 0) is 4.74 Å². The minimum Gasteiger partial charge on any atom is -0.377 e. The fourth-order valence-corrected chi connectivity index (χ4v) is 2.49. The summed E-state index contributed by atoms with van der Waals surface area (Å²) in [6.45, 7) is 3.05. The SMILES string of the molecule is CN1CCOC(CNc2ccc(I)cc2[N+](=O)[O-])C1. The van der Waals surface area contributed by atoms with E-state index in [1.54, 1.807) is 12.1 Å². The van der Waals surface area contributed by atoms with E-state index in [1.165, 1.54) is 0 Å². The number of nitro benzene ring substituents is 1. The number of ether oxygens (including phenoxy) is 1. The highest BCUT2D eigenvalue weighted by molar-refractivity contribution is 14.1. The van der Waals surface area contributed by atoms with Gasteiger partial charge in [-0.1, -0.05) is 0 Å². The Morgan fingerprint density at radius 2 is 2.42 bits per heavy atom. The van der Waals surface area contributed by atoms with Crippen LogP contribution in [0.3, 0.4) is 0 Å². The van der Waals surface area contributed by atoms with Crippen LogP contribution in [-0.4, -0.2) is 49.2 Å². The number of benzene rings is 1. The number of likely N-dealkylation sites (N-methyl/N-ethyl adjacent to an activating group) is 1. The summed E-state index contributed by atoms with van der Waals surface area (Å²) in [6, 6.07) is 5.16. The van der Waals surface area contributed by atoms with Gasteiger partial charge in [-0.25, -0.2) is 0 Å². The molecule has 1 saturated heterocycles. The summed E-state index contributed by atoms with van der Waals surface area (Å²) in [4.78, 5) is 12.8. The fourth-order valence-electron chi connectivity index (χ4n) is 2.02. The van der Waals surface area contributed by atoms with Gasteiger partial charge in [0.2, 0.25) is 0 Å². The van der Waals surface area contributed by atoms with Crippen LogP contribution in [0.25, 0.3) is 0 Å². The monoisotopic (exact) mass is 377 g/mol. The van der Waals surface area contributed by atoms with Gasteiger partial charge in [0.1, 0.15) is 5.69 Å². The Bertz CT molecular complexity index is 470. The molecule has 104 valence electrons. The Labute approximate surface area is 125 Å². The van der Waals surface area contributed by atoms with Crippen molar-refractivity contribution in [2.75, 3.05) is 38.6 Å². The maximum Gasteiger partial charge on any atom is 0.293 e. The molecule has 0 bridgehead atoms. The van der Waals surface area contributed by atoms with Crippen LogP contribution < -0.4 is 5.32 Å². The Morgan fingerprint density at radius 3 is 3.11 bits per heavy atom. The van der Waals surface area contributed by atoms with Gasteiger partial charge < -0.3 is 15.0 Å². The smallest absolute Gasteiger partial charge is 0.293 e. The quantitative estimate of drug-likeness (QED) is 0.494. The van der Waals surface area contributed by atoms with Gasteiger partial charge in [-0.05, 0) is 41.8 Å². The van der Waals surface area contributed by atoms with Gasteiger partial charge in [0.25, 0.3) is 5.69 Å². The van der Waals surface area contributed by atoms with Crippen molar-refractivity contribution in [1.82, 2.24) is 4.90 Å². The molecule has 1 fully saturated rings. The molecule has 1 aromatic carbocycles. The van der Waals surface area contributed by atoms with Gasteiger partial charge in [0.15, 0.2) is 0 Å². The Kier molecular flexibility index (Phi) is 4.94. The molecule has 0 spiro atoms. The van der Waals surface area contributed by atoms with Gasteiger partial charge in [-0.2, -0.15) is 0 Å². The highest BCUT2D eigenvalue weighted by Crippen LogP contribution is 2.26. The van der Waals surface area contributed by atoms with Crippen LogP contribution in [0.5, 0.6) is 0 Å². The number of anilines is 1. The maximum absolute atomic E-state index is 11.0. The van der Waals surface area contributed by atoms with E-state index in [0.29, 0.717) is 18.8 Å². The van der Waals surface area contributed by atoms with Crippen molar-refractivity contribution in [3.05, 3.63) is 31.9 Å². The summed E-state index contributed by atoms with van der Waals surface area (Å²) < 4.78 is 6.47. The molecule has 1 N–H and O–H groups in total. The van der Waals surface area contributed by atoms with Crippen molar-refractivity contribution < 1.29 is 9.66 Å². The molecule has 0 radical (unpaired) electrons. The molecule has 1 aromatic rings. The predicted octanol–water partition coefficient (Wildman–Crippen LogP) is 1.94. The first-order valence-corrected chi connectivity index (χ1v) is 7.12. The summed E-state index contributed by atoms with van der Waals surface area (Å²) in [5.41, 5.74) is 0.651. The summed E-state index contributed by atoms with van der Waals surface area (Å²) in [6.07, 6.45) is 0.0673. The average Bonchev–Trinajstić information content (AvgIpc) is 2.37. The van der Waals surface area contributed by atoms with Crippen molar-refractivity contribution >= 4 is 34.0 Å². The van der Waals surface area contributed by atoms with E-state index < -0.39 is 0 Å². The van der Waals surface area contributed by atoms with E-state index in [2.05, 4.69) is 32.8 Å². The summed E-state index contributed by atoms with van der Waals surface area (Å²) in [5.74, 6) is 0. The molecular formula is C12H16IN3O3. The fraction of sp³-hybridized carbons (Fsp3) is 0.500. The predicted molar refractivity (Wildman–Crippen MR) is 81.5 cm³/mol. The maximum atomic E-state index is 11.0. The molecule has 1 heterocycles. The molecule has 0 aromatic heterocycles. The first kappa shape index (κ1) is 14.5. The van der Waals surface area contributed by atoms with Crippen LogP contribution in [0.15, 0.2) is 18.2 Å². The summed E-state index contributed by atoms with van der Waals surface area (Å²) in [7, 11) is 2.04. The van der Waals surface area contributed by atoms with Crippen LogP contribution in [0.4, 0.5) is 11.4 Å². The highest BCUT2D eigenvalue weighted by atomic mass is 127. The number of morpholine rings is 1. The molecule has 1 atom stereocenters. The number of nitrogens with zero attached hydrogens (tertiary/aromatic N) is 2. The summed E-state index contributed by atoms with van der Waals surface area (Å²) >= 11 is 2.07. The van der Waals surface area contributed by atoms with Crippen molar-refractivity contribution in [3.63, 3.8) is 0 Å². The normalized spacial score (nSPS) is 20.2. The minimum atomic E-state index is -0.363. The van der Waals surface area contributed by atoms with Crippen molar-refractivity contribution in [3.8, 4) is 0 Å². The van der Waals surface area contributed by atoms with Crippen molar-refractivity contribution in [2.24, 2.45) is 0 Å². The van der Waals surface area contributed by atoms with Crippen LogP contribution in [0, 0.1) is 13.7 Å². The number of hydrogen-bond acceptors (Lipinski definition) is 5. The van der Waals surface area contributed by atoms with E-state index in [4.69, 9.17) is 4.74 Å². The van der Waals surface area contributed by atoms with Crippen molar-refractivity contribution in [2.45, 2.75) is 6.10 Å². The zero-order chi connectivity index (χ0) is 13.8. The molecule has 0 amide bonds. The molecule has 2 rings (SSSR count). The average molecular weight is 377 g/mol. The number of hydrogen-bond donors (Lipinski definition) is 1. The standard InChI is InChI=1S/C12H16IN3O3/c1-15-4-5-19-10(8-15)7-14-11-3-2-9(13)6-12(11)16(17)18/h2-3,6,10,14H,4-5,7-8H2,1H3. The second kappa shape index (κ2) is 6.49. The van der Waals surface area contributed by atoms with E-state index >= 15 is 0 Å². The number of halogens is 1. The van der Waals surface area contributed by atoms with Crippen LogP contribution in [0.1, 0.15) is 0 Å². The zero-order valence-electron chi connectivity index (χ0n) is 10.6. The second-order valence-corrected chi connectivity index (χ2v) is 5.80. The second-order valence-electron chi connectivity index (χ2n) is 4.55. The zero-order valence-corrected chi connectivity index (χ0v) is 12.8. The highest BCUT2D eigenvalue weighted by Gasteiger charge is 2.19. The van der Waals surface area contributed by atoms with Gasteiger partial charge >= 0.3 is 0 Å². The minimum absolute atomic E-state index is 0.0673. The number of nitrogens with one attached hydrogen (secondary N) is 1. The lowest BCUT2D eigenvalue weighted by Gasteiger charge is -2.30. The molecule has 0 saturated carbocycles. The molecule has 6 nitrogen and oxygen atoms in total. The van der Waals surface area contributed by atoms with E-state index in [-0.39, 0.29) is 16.7 Å². The molecule has 1 aliphatic rings. The van der Waals surface area contributed by atoms with Gasteiger partial charge in [-0.15, -0.1) is 0 Å². The van der Waals surface area contributed by atoms with E-state index in [1.807, 2.05) is 13.1 Å². The topological polar surface area (TPSA) is 67.6 Å². The largest absolute Gasteiger partial charge is 0.377 e. The van der Waals surface area contributed by atoms with Crippen LogP contribution >= 0.6 is 22.6 Å². The van der Waals surface area contributed by atoms with E-state index in [9.17, 15) is 10.1 Å². The van der Waals surface area contributed by atoms with Gasteiger partial charge in [0.05, 0.1) is 17.6 Å². The van der Waals surface area contributed by atoms with Crippen molar-refractivity contribution in [1.29, 1.82) is 0 Å². The molecule has 0 aliphatic carbocycles. The molecule has 1 unspecified atom stereocenters. The van der Waals surface area contributed by atoms with Gasteiger partial charge in [-0.3, -0.25) is 10.1 Å². The Morgan fingerprint density at radius 1 is 1.63 bits per heavy atom. The summed E-state index contributed by atoms with van der Waals surface area (Å²) in [5, 5.41) is 14.1. The molecule has 19 heavy (non-hydrogen) atoms. The third kappa shape index (κ3) is 4.02. The third-order valence-electron chi connectivity index (χ3n) is 3.02. The lowest BCUT2D eigenvalue weighted by Crippen LogP contribution is -2.43. The number of nitro groups is 1. The lowest BCUT2D eigenvalue weighted by atomic mass is 10.2. The molecule has 1 aliphatic heterocycles. The third-order valence-corrected chi connectivity index (χ3v) is 3.69. The Hall–Kier alpha value is -0.930. The lowest BCUT2D eigenvalue weighted by molar-refractivity contribution is -0.384. The van der Waals surface area contributed by atoms with Gasteiger partial charge in [0, 0.05) is 29.3 Å².